The summed E-state index contributed by atoms with van der Waals surface area (Å²) in [5.41, 5.74) is 6.58. The van der Waals surface area contributed by atoms with E-state index in [1.165, 1.54) is 5.56 Å². The molecule has 0 aliphatic rings. The second-order valence-electron chi connectivity index (χ2n) is 5.49. The second-order valence-corrected chi connectivity index (χ2v) is 5.49. The Balaban J connectivity index is 2.12. The predicted molar refractivity (Wildman–Crippen MR) is 92.8 cm³/mol. The standard InChI is InChI=1S/C19H19N3O/c1-2-5-13-8-10-14(11-9-13)18-12-16(19(23)22-20)15-6-3-4-7-17(15)21-18/h3-4,6-12H,2,5,20H2,1H3,(H,22,23). The number of carbonyl (C=O) groups excluding carboxylic acids is 1. The van der Waals surface area contributed by atoms with Crippen LogP contribution in [0.3, 0.4) is 0 Å². The van der Waals surface area contributed by atoms with Gasteiger partial charge in [-0.15, -0.1) is 0 Å². The predicted octanol–water partition coefficient (Wildman–Crippen LogP) is 3.46. The molecule has 4 nitrogen and oxygen atoms in total. The van der Waals surface area contributed by atoms with Crippen molar-refractivity contribution in [2.24, 2.45) is 5.84 Å². The van der Waals surface area contributed by atoms with Crippen molar-refractivity contribution in [1.82, 2.24) is 10.4 Å². The number of carbonyl (C=O) groups is 1. The molecule has 1 aromatic heterocycles. The summed E-state index contributed by atoms with van der Waals surface area (Å²) in [4.78, 5) is 16.8. The Morgan fingerprint density at radius 2 is 1.87 bits per heavy atom. The van der Waals surface area contributed by atoms with Crippen molar-refractivity contribution >= 4 is 16.8 Å². The molecule has 0 saturated carbocycles. The Bertz CT molecular complexity index is 841. The fourth-order valence-electron chi connectivity index (χ4n) is 2.72. The minimum Gasteiger partial charge on any atom is -0.290 e. The molecule has 2 aromatic carbocycles. The molecular formula is C19H19N3O. The van der Waals surface area contributed by atoms with Crippen LogP contribution in [0.2, 0.25) is 0 Å². The van der Waals surface area contributed by atoms with E-state index in [4.69, 9.17) is 5.84 Å². The first kappa shape index (κ1) is 15.2. The van der Waals surface area contributed by atoms with Gasteiger partial charge in [0.05, 0.1) is 16.8 Å². The Morgan fingerprint density at radius 1 is 1.13 bits per heavy atom. The van der Waals surface area contributed by atoms with Gasteiger partial charge in [0.1, 0.15) is 0 Å². The maximum atomic E-state index is 12.1. The summed E-state index contributed by atoms with van der Waals surface area (Å²) in [5, 5.41) is 0.793. The highest BCUT2D eigenvalue weighted by molar-refractivity contribution is 6.06. The molecule has 0 aliphatic carbocycles. The van der Waals surface area contributed by atoms with Crippen LogP contribution < -0.4 is 11.3 Å². The number of hydrazine groups is 1. The van der Waals surface area contributed by atoms with Gasteiger partial charge in [0.25, 0.3) is 5.91 Å². The SMILES string of the molecule is CCCc1ccc(-c2cc(C(=O)NN)c3ccccc3n2)cc1. The van der Waals surface area contributed by atoms with Crippen molar-refractivity contribution in [2.45, 2.75) is 19.8 Å². The third-order valence-electron chi connectivity index (χ3n) is 3.88. The number of rotatable bonds is 4. The largest absolute Gasteiger partial charge is 0.290 e. The summed E-state index contributed by atoms with van der Waals surface area (Å²) in [6.45, 7) is 2.16. The molecule has 3 N–H and O–H groups in total. The quantitative estimate of drug-likeness (QED) is 0.440. The smallest absolute Gasteiger partial charge is 0.265 e. The fraction of sp³-hybridized carbons (Fsp3) is 0.158. The molecule has 4 heteroatoms. The first-order valence-corrected chi connectivity index (χ1v) is 7.73. The van der Waals surface area contributed by atoms with Gasteiger partial charge in [-0.2, -0.15) is 0 Å². The summed E-state index contributed by atoms with van der Waals surface area (Å²) in [6, 6.07) is 17.7. The summed E-state index contributed by atoms with van der Waals surface area (Å²) >= 11 is 0. The van der Waals surface area contributed by atoms with E-state index >= 15 is 0 Å². The summed E-state index contributed by atoms with van der Waals surface area (Å²) < 4.78 is 0. The maximum absolute atomic E-state index is 12.1. The third kappa shape index (κ3) is 3.07. The van der Waals surface area contributed by atoms with Gasteiger partial charge in [-0.1, -0.05) is 55.8 Å². The van der Waals surface area contributed by atoms with Gasteiger partial charge >= 0.3 is 0 Å². The van der Waals surface area contributed by atoms with E-state index in [-0.39, 0.29) is 5.91 Å². The van der Waals surface area contributed by atoms with E-state index in [0.29, 0.717) is 5.56 Å². The van der Waals surface area contributed by atoms with Crippen LogP contribution in [0.4, 0.5) is 0 Å². The molecule has 0 spiro atoms. The summed E-state index contributed by atoms with van der Waals surface area (Å²) in [7, 11) is 0. The van der Waals surface area contributed by atoms with E-state index in [9.17, 15) is 4.79 Å². The van der Waals surface area contributed by atoms with Crippen molar-refractivity contribution < 1.29 is 4.79 Å². The lowest BCUT2D eigenvalue weighted by Crippen LogP contribution is -2.30. The number of nitrogens with one attached hydrogen (secondary N) is 1. The zero-order valence-electron chi connectivity index (χ0n) is 13.0. The minimum atomic E-state index is -0.313. The minimum absolute atomic E-state index is 0.313. The number of nitrogen functional groups attached to an aromatic ring is 1. The highest BCUT2D eigenvalue weighted by atomic mass is 16.2. The Hall–Kier alpha value is -2.72. The van der Waals surface area contributed by atoms with Crippen molar-refractivity contribution in [3.63, 3.8) is 0 Å². The normalized spacial score (nSPS) is 10.7. The lowest BCUT2D eigenvalue weighted by atomic mass is 10.0. The van der Waals surface area contributed by atoms with E-state index in [1.54, 1.807) is 6.07 Å². The van der Waals surface area contributed by atoms with Crippen LogP contribution in [0, 0.1) is 0 Å². The third-order valence-corrected chi connectivity index (χ3v) is 3.88. The van der Waals surface area contributed by atoms with Crippen LogP contribution in [0.1, 0.15) is 29.3 Å². The highest BCUT2D eigenvalue weighted by Crippen LogP contribution is 2.25. The summed E-state index contributed by atoms with van der Waals surface area (Å²) in [5.74, 6) is 5.00. The van der Waals surface area contributed by atoms with Gasteiger partial charge in [-0.3, -0.25) is 10.2 Å². The number of aryl methyl sites for hydroxylation is 1. The zero-order valence-corrected chi connectivity index (χ0v) is 13.0. The number of nitrogens with zero attached hydrogens (tertiary/aromatic N) is 1. The molecule has 0 bridgehead atoms. The van der Waals surface area contributed by atoms with Crippen LogP contribution >= 0.6 is 0 Å². The number of nitrogens with two attached hydrogens (primary N) is 1. The highest BCUT2D eigenvalue weighted by Gasteiger charge is 2.12. The molecule has 0 aliphatic heterocycles. The number of hydrogen-bond acceptors (Lipinski definition) is 3. The van der Waals surface area contributed by atoms with Crippen molar-refractivity contribution in [1.29, 1.82) is 0 Å². The Kier molecular flexibility index (Phi) is 4.35. The average molecular weight is 305 g/mol. The zero-order chi connectivity index (χ0) is 16.2. The molecule has 0 radical (unpaired) electrons. The van der Waals surface area contributed by atoms with E-state index < -0.39 is 0 Å². The molecule has 1 heterocycles. The van der Waals surface area contributed by atoms with Gasteiger partial charge in [-0.25, -0.2) is 10.8 Å². The number of para-hydroxylation sites is 1. The molecule has 0 fully saturated rings. The van der Waals surface area contributed by atoms with Gasteiger partial charge in [0.2, 0.25) is 0 Å². The van der Waals surface area contributed by atoms with Crippen molar-refractivity contribution in [3.05, 3.63) is 65.7 Å². The number of benzene rings is 2. The van der Waals surface area contributed by atoms with Crippen LogP contribution in [0.15, 0.2) is 54.6 Å². The van der Waals surface area contributed by atoms with Crippen LogP contribution in [-0.2, 0) is 6.42 Å². The number of pyridine rings is 1. The molecule has 1 amide bonds. The van der Waals surface area contributed by atoms with Gasteiger partial charge in [0.15, 0.2) is 0 Å². The topological polar surface area (TPSA) is 68.0 Å². The Morgan fingerprint density at radius 3 is 2.57 bits per heavy atom. The first-order valence-electron chi connectivity index (χ1n) is 7.73. The van der Waals surface area contributed by atoms with E-state index in [0.717, 1.165) is 35.0 Å². The molecule has 116 valence electrons. The monoisotopic (exact) mass is 305 g/mol. The van der Waals surface area contributed by atoms with Gasteiger partial charge in [-0.05, 0) is 24.1 Å². The first-order chi connectivity index (χ1) is 11.2. The molecule has 3 aromatic rings. The summed E-state index contributed by atoms with van der Waals surface area (Å²) in [6.07, 6.45) is 2.18. The lowest BCUT2D eigenvalue weighted by Gasteiger charge is -2.09. The number of amides is 1. The van der Waals surface area contributed by atoms with Crippen LogP contribution in [-0.4, -0.2) is 10.9 Å². The second kappa shape index (κ2) is 6.58. The van der Waals surface area contributed by atoms with Crippen LogP contribution in [0.5, 0.6) is 0 Å². The number of fused-ring (bicyclic) bond motifs is 1. The van der Waals surface area contributed by atoms with E-state index in [1.807, 2.05) is 36.4 Å². The Labute approximate surface area is 135 Å². The molecule has 0 atom stereocenters. The lowest BCUT2D eigenvalue weighted by molar-refractivity contribution is 0.0955. The molecule has 0 saturated heterocycles. The van der Waals surface area contributed by atoms with Crippen LogP contribution in [0.25, 0.3) is 22.2 Å². The number of aromatic nitrogens is 1. The number of hydrogen-bond donors (Lipinski definition) is 2. The fourth-order valence-corrected chi connectivity index (χ4v) is 2.72. The van der Waals surface area contributed by atoms with E-state index in [2.05, 4.69) is 29.5 Å². The average Bonchev–Trinajstić information content (AvgIpc) is 2.61. The molecular weight excluding hydrogens is 286 g/mol. The molecule has 3 rings (SSSR count). The molecule has 0 unspecified atom stereocenters. The van der Waals surface area contributed by atoms with Gasteiger partial charge in [0, 0.05) is 10.9 Å². The maximum Gasteiger partial charge on any atom is 0.265 e. The molecule has 23 heavy (non-hydrogen) atoms. The van der Waals surface area contributed by atoms with Crippen molar-refractivity contribution in [2.75, 3.05) is 0 Å². The van der Waals surface area contributed by atoms with Gasteiger partial charge < -0.3 is 0 Å². The van der Waals surface area contributed by atoms with Crippen molar-refractivity contribution in [3.8, 4) is 11.3 Å².